The summed E-state index contributed by atoms with van der Waals surface area (Å²) in [4.78, 5) is 0. The van der Waals surface area contributed by atoms with Crippen molar-refractivity contribution < 1.29 is 19.5 Å². The fourth-order valence-electron chi connectivity index (χ4n) is 4.30. The minimum absolute atomic E-state index is 0.0612. The Morgan fingerprint density at radius 2 is 1.40 bits per heavy atom. The third-order valence-corrected chi connectivity index (χ3v) is 9.16. The van der Waals surface area contributed by atoms with Gasteiger partial charge in [0, 0.05) is 16.8 Å². The first-order chi connectivity index (χ1) is 14.6. The molecule has 3 aromatic carbocycles. The number of aromatic hydroxyl groups is 1. The Bertz CT molecular complexity index is 962. The molecule has 0 aromatic heterocycles. The third-order valence-electron chi connectivity index (χ3n) is 5.91. The van der Waals surface area contributed by atoms with Crippen LogP contribution in [0.1, 0.15) is 19.3 Å². The van der Waals surface area contributed by atoms with Gasteiger partial charge in [-0.25, -0.2) is 0 Å². The van der Waals surface area contributed by atoms with E-state index in [0.717, 1.165) is 23.5 Å². The van der Waals surface area contributed by atoms with Crippen molar-refractivity contribution in [1.82, 2.24) is 0 Å². The number of benzene rings is 3. The summed E-state index contributed by atoms with van der Waals surface area (Å²) in [6.45, 7) is 0. The molecule has 2 N–H and O–H groups in total. The number of hydrogen-bond acceptors (Lipinski definition) is 4. The van der Waals surface area contributed by atoms with Gasteiger partial charge in [0.2, 0.25) is 0 Å². The van der Waals surface area contributed by atoms with Gasteiger partial charge >= 0.3 is 0 Å². The molecule has 0 amide bonds. The van der Waals surface area contributed by atoms with Crippen LogP contribution in [0.25, 0.3) is 0 Å². The summed E-state index contributed by atoms with van der Waals surface area (Å²) in [7, 11) is -2.91. The molecular weight excluding hydrogens is 395 g/mol. The molecule has 30 heavy (non-hydrogen) atoms. The van der Waals surface area contributed by atoms with Crippen molar-refractivity contribution in [2.24, 2.45) is 5.92 Å². The number of rotatable bonds is 6. The number of phenols is 1. The molecule has 1 fully saturated rings. The maximum Gasteiger partial charge on any atom is 0.161 e. The van der Waals surface area contributed by atoms with Crippen molar-refractivity contribution in [2.45, 2.75) is 31.5 Å². The van der Waals surface area contributed by atoms with Gasteiger partial charge < -0.3 is 19.5 Å². The fourth-order valence-corrected chi connectivity index (χ4v) is 7.39. The standard InChI is InChI=1S/C25H27O4P/c26-22-15-7-8-16-23(22)29-24-17-9-10-19(25(24)27)18-30(28,20-11-3-1-4-12-20)21-13-5-2-6-14-21/h1-8,11-16,19,24-27H,9-10,17-18H2/t19-,24-,25-/m1/s1. The van der Waals surface area contributed by atoms with Crippen molar-refractivity contribution in [3.05, 3.63) is 84.9 Å². The van der Waals surface area contributed by atoms with Crippen LogP contribution in [0.5, 0.6) is 11.5 Å². The molecule has 156 valence electrons. The van der Waals surface area contributed by atoms with Crippen LogP contribution >= 0.6 is 7.14 Å². The lowest BCUT2D eigenvalue weighted by Gasteiger charge is -2.36. The highest BCUT2D eigenvalue weighted by Gasteiger charge is 2.39. The smallest absolute Gasteiger partial charge is 0.161 e. The molecule has 1 aliphatic carbocycles. The summed E-state index contributed by atoms with van der Waals surface area (Å²) in [5.74, 6) is 0.281. The Balaban J connectivity index is 1.60. The second kappa shape index (κ2) is 9.07. The van der Waals surface area contributed by atoms with Crippen LogP contribution in [0.15, 0.2) is 84.9 Å². The zero-order valence-corrected chi connectivity index (χ0v) is 17.7. The van der Waals surface area contributed by atoms with E-state index < -0.39 is 19.3 Å². The van der Waals surface area contributed by atoms with Gasteiger partial charge in [-0.1, -0.05) is 72.8 Å². The lowest BCUT2D eigenvalue weighted by molar-refractivity contribution is -0.0253. The summed E-state index contributed by atoms with van der Waals surface area (Å²) in [5, 5.41) is 22.8. The van der Waals surface area contributed by atoms with E-state index in [1.165, 1.54) is 0 Å². The molecule has 1 aliphatic rings. The van der Waals surface area contributed by atoms with Crippen LogP contribution in [0.3, 0.4) is 0 Å². The largest absolute Gasteiger partial charge is 0.504 e. The maximum atomic E-state index is 14.4. The van der Waals surface area contributed by atoms with Gasteiger partial charge in [-0.15, -0.1) is 0 Å². The molecular formula is C25H27O4P. The lowest BCUT2D eigenvalue weighted by atomic mass is 9.85. The second-order valence-corrected chi connectivity index (χ2v) is 10.8. The van der Waals surface area contributed by atoms with Gasteiger partial charge in [0.15, 0.2) is 11.5 Å². The van der Waals surface area contributed by atoms with Crippen molar-refractivity contribution >= 4 is 17.8 Å². The molecule has 0 unspecified atom stereocenters. The van der Waals surface area contributed by atoms with Crippen LogP contribution in [0.4, 0.5) is 0 Å². The van der Waals surface area contributed by atoms with Gasteiger partial charge in [0.1, 0.15) is 13.2 Å². The molecule has 3 aromatic rings. The average molecular weight is 422 g/mol. The first-order valence-electron chi connectivity index (χ1n) is 10.4. The Hall–Kier alpha value is -2.55. The van der Waals surface area contributed by atoms with E-state index >= 15 is 0 Å². The van der Waals surface area contributed by atoms with E-state index in [1.54, 1.807) is 24.3 Å². The maximum absolute atomic E-state index is 14.4. The van der Waals surface area contributed by atoms with E-state index in [1.807, 2.05) is 60.7 Å². The molecule has 0 heterocycles. The van der Waals surface area contributed by atoms with E-state index in [4.69, 9.17) is 4.74 Å². The molecule has 4 nitrogen and oxygen atoms in total. The van der Waals surface area contributed by atoms with Gasteiger partial charge in [-0.2, -0.15) is 0 Å². The molecule has 3 atom stereocenters. The molecule has 0 aliphatic heterocycles. The first-order valence-corrected chi connectivity index (χ1v) is 12.3. The van der Waals surface area contributed by atoms with E-state index in [2.05, 4.69) is 0 Å². The topological polar surface area (TPSA) is 66.8 Å². The minimum atomic E-state index is -2.91. The summed E-state index contributed by atoms with van der Waals surface area (Å²) >= 11 is 0. The van der Waals surface area contributed by atoms with Crippen molar-refractivity contribution in [2.75, 3.05) is 6.16 Å². The van der Waals surface area contributed by atoms with Crippen LogP contribution in [0.2, 0.25) is 0 Å². The van der Waals surface area contributed by atoms with E-state index in [9.17, 15) is 14.8 Å². The number of ether oxygens (including phenoxy) is 1. The normalized spacial score (nSPS) is 21.8. The molecule has 0 bridgehead atoms. The Kier molecular flexibility index (Phi) is 6.26. The van der Waals surface area contributed by atoms with Crippen LogP contribution in [0, 0.1) is 5.92 Å². The SMILES string of the molecule is O=P(C[C@H]1CCC[C@@H](Oc2ccccc2O)[C@@H]1O)(c1ccccc1)c1ccccc1. The second-order valence-electron chi connectivity index (χ2n) is 7.90. The van der Waals surface area contributed by atoms with Crippen molar-refractivity contribution in [1.29, 1.82) is 0 Å². The highest BCUT2D eigenvalue weighted by Crippen LogP contribution is 2.48. The fraction of sp³-hybridized carbons (Fsp3) is 0.280. The highest BCUT2D eigenvalue weighted by molar-refractivity contribution is 7.78. The predicted molar refractivity (Wildman–Crippen MR) is 120 cm³/mol. The van der Waals surface area contributed by atoms with Crippen LogP contribution < -0.4 is 15.3 Å². The lowest BCUT2D eigenvalue weighted by Crippen LogP contribution is -2.43. The molecule has 1 saturated carbocycles. The van der Waals surface area contributed by atoms with Crippen molar-refractivity contribution in [3.8, 4) is 11.5 Å². The molecule has 0 saturated heterocycles. The summed E-state index contributed by atoms with van der Waals surface area (Å²) in [6.07, 6.45) is 1.58. The van der Waals surface area contributed by atoms with Gasteiger partial charge in [0.25, 0.3) is 0 Å². The van der Waals surface area contributed by atoms with Crippen LogP contribution in [-0.2, 0) is 4.57 Å². The number of aliphatic hydroxyl groups is 1. The number of phenolic OH excluding ortho intramolecular Hbond substituents is 1. The van der Waals surface area contributed by atoms with E-state index in [-0.39, 0.29) is 11.7 Å². The predicted octanol–water partition coefficient (Wildman–Crippen LogP) is 4.31. The highest BCUT2D eigenvalue weighted by atomic mass is 31.2. The quantitative estimate of drug-likeness (QED) is 0.581. The zero-order chi connectivity index (χ0) is 21.0. The molecule has 4 rings (SSSR count). The average Bonchev–Trinajstić information content (AvgIpc) is 2.79. The van der Waals surface area contributed by atoms with Gasteiger partial charge in [-0.3, -0.25) is 0 Å². The van der Waals surface area contributed by atoms with Gasteiger partial charge in [-0.05, 0) is 37.3 Å². The number of aliphatic hydroxyl groups excluding tert-OH is 1. The monoisotopic (exact) mass is 422 g/mol. The van der Waals surface area contributed by atoms with Crippen molar-refractivity contribution in [3.63, 3.8) is 0 Å². The zero-order valence-electron chi connectivity index (χ0n) is 16.8. The number of para-hydroxylation sites is 2. The van der Waals surface area contributed by atoms with Gasteiger partial charge in [0.05, 0.1) is 6.10 Å². The Labute approximate surface area is 177 Å². The van der Waals surface area contributed by atoms with E-state index in [0.29, 0.717) is 18.3 Å². The third kappa shape index (κ3) is 4.30. The molecule has 0 radical (unpaired) electrons. The minimum Gasteiger partial charge on any atom is -0.504 e. The Morgan fingerprint density at radius 3 is 2.00 bits per heavy atom. The number of hydrogen-bond donors (Lipinski definition) is 2. The summed E-state index contributed by atoms with van der Waals surface area (Å²) in [5.41, 5.74) is 0. The van der Waals surface area contributed by atoms with Crippen LogP contribution in [-0.4, -0.2) is 28.6 Å². The Morgan fingerprint density at radius 1 is 0.833 bits per heavy atom. The summed E-state index contributed by atoms with van der Waals surface area (Å²) < 4.78 is 20.3. The molecule has 5 heteroatoms. The first kappa shape index (κ1) is 20.7. The summed E-state index contributed by atoms with van der Waals surface area (Å²) in [6, 6.07) is 25.9. The molecule has 0 spiro atoms.